The molecule has 1 saturated carbocycles. The lowest BCUT2D eigenvalue weighted by Gasteiger charge is -2.46. The van der Waals surface area contributed by atoms with Gasteiger partial charge < -0.3 is 84.8 Å². The highest BCUT2D eigenvalue weighted by atomic mass is 16.7. The molecule has 0 bridgehead atoms. The molecule has 45 heavy (non-hydrogen) atoms. The molecule has 0 aromatic carbocycles. The van der Waals surface area contributed by atoms with Crippen molar-refractivity contribution in [1.82, 2.24) is 5.32 Å². The van der Waals surface area contributed by atoms with Crippen LogP contribution in [0.4, 0.5) is 0 Å². The summed E-state index contributed by atoms with van der Waals surface area (Å²) < 4.78 is 33.2. The molecule has 1 amide bonds. The maximum absolute atomic E-state index is 12.5. The van der Waals surface area contributed by atoms with Crippen molar-refractivity contribution >= 4 is 5.91 Å². The van der Waals surface area contributed by atoms with E-state index in [2.05, 4.69) is 5.32 Å². The third-order valence-electron chi connectivity index (χ3n) is 8.71. The first-order valence-electron chi connectivity index (χ1n) is 15.3. The zero-order chi connectivity index (χ0) is 32.8. The molecule has 4 fully saturated rings. The number of carbonyl (C=O) groups is 1. The van der Waals surface area contributed by atoms with Crippen LogP contribution in [0.15, 0.2) is 0 Å². The number of rotatable bonds is 12. The fourth-order valence-electron chi connectivity index (χ4n) is 5.93. The molecule has 15 atom stereocenters. The van der Waals surface area contributed by atoms with Gasteiger partial charge in [0.1, 0.15) is 73.2 Å². The van der Waals surface area contributed by atoms with Crippen molar-refractivity contribution in [1.29, 1.82) is 0 Å². The van der Waals surface area contributed by atoms with Crippen LogP contribution >= 0.6 is 0 Å². The molecule has 0 spiro atoms. The Bertz CT molecular complexity index is 909. The molecular formula is C27H47NO17. The second kappa shape index (κ2) is 16.8. The van der Waals surface area contributed by atoms with Crippen molar-refractivity contribution in [3.05, 3.63) is 0 Å². The molecule has 4 rings (SSSR count). The standard InChI is InChI=1S/C27H47NO17/c29-8-12-15(31)18(34)20(36)25(42-12)41-10-14-17(33)23(45-27-21(37)19(35)16(32)13(9-30)43-27)22(38)26(44-14)40-7-6-28-24(39)11-4-2-1-3-5-11/h11-23,25-27,29-38H,1-10H2,(H,28,39)/t12?,13?,14?,15-,16-,17-,18?,19?,20?,21?,22?,23?,25+,26+,27-/m1/s1. The number of aliphatic hydroxyl groups is 10. The number of nitrogens with one attached hydrogen (secondary N) is 1. The van der Waals surface area contributed by atoms with Crippen LogP contribution < -0.4 is 5.32 Å². The number of hydrogen-bond acceptors (Lipinski definition) is 17. The Balaban J connectivity index is 1.42. The van der Waals surface area contributed by atoms with Gasteiger partial charge in [-0.05, 0) is 12.8 Å². The topological polar surface area (TPSA) is 287 Å². The van der Waals surface area contributed by atoms with E-state index < -0.39 is 112 Å². The Morgan fingerprint density at radius 1 is 0.622 bits per heavy atom. The highest BCUT2D eigenvalue weighted by molar-refractivity contribution is 5.78. The van der Waals surface area contributed by atoms with Gasteiger partial charge in [-0.15, -0.1) is 0 Å². The lowest BCUT2D eigenvalue weighted by molar-refractivity contribution is -0.366. The summed E-state index contributed by atoms with van der Waals surface area (Å²) in [5.41, 5.74) is 0. The van der Waals surface area contributed by atoms with E-state index in [0.717, 1.165) is 32.1 Å². The Morgan fingerprint density at radius 2 is 1.16 bits per heavy atom. The largest absolute Gasteiger partial charge is 0.394 e. The molecule has 18 nitrogen and oxygen atoms in total. The second-order valence-corrected chi connectivity index (χ2v) is 11.8. The molecular weight excluding hydrogens is 610 g/mol. The summed E-state index contributed by atoms with van der Waals surface area (Å²) in [6.45, 7) is -2.11. The van der Waals surface area contributed by atoms with Crippen molar-refractivity contribution in [2.24, 2.45) is 5.92 Å². The normalized spacial score (nSPS) is 44.9. The van der Waals surface area contributed by atoms with Crippen molar-refractivity contribution in [2.75, 3.05) is 33.0 Å². The van der Waals surface area contributed by atoms with E-state index in [1.807, 2.05) is 0 Å². The van der Waals surface area contributed by atoms with E-state index in [1.165, 1.54) is 0 Å². The van der Waals surface area contributed by atoms with Crippen molar-refractivity contribution in [2.45, 2.75) is 124 Å². The van der Waals surface area contributed by atoms with Gasteiger partial charge in [0.2, 0.25) is 5.91 Å². The van der Waals surface area contributed by atoms with Gasteiger partial charge in [-0.1, -0.05) is 19.3 Å². The summed E-state index contributed by atoms with van der Waals surface area (Å²) in [5.74, 6) is -0.209. The van der Waals surface area contributed by atoms with Gasteiger partial charge in [0.05, 0.1) is 26.4 Å². The molecule has 0 aromatic rings. The van der Waals surface area contributed by atoms with Gasteiger partial charge in [0, 0.05) is 12.5 Å². The Morgan fingerprint density at radius 3 is 1.76 bits per heavy atom. The van der Waals surface area contributed by atoms with Crippen molar-refractivity contribution in [3.63, 3.8) is 0 Å². The molecule has 0 aromatic heterocycles. The van der Waals surface area contributed by atoms with E-state index >= 15 is 0 Å². The van der Waals surface area contributed by atoms with Crippen molar-refractivity contribution < 1.29 is 84.3 Å². The van der Waals surface area contributed by atoms with E-state index in [4.69, 9.17) is 28.4 Å². The monoisotopic (exact) mass is 657 g/mol. The first-order chi connectivity index (χ1) is 21.5. The van der Waals surface area contributed by atoms with E-state index in [9.17, 15) is 55.9 Å². The molecule has 3 aliphatic heterocycles. The minimum atomic E-state index is -1.86. The molecule has 1 aliphatic carbocycles. The zero-order valence-electron chi connectivity index (χ0n) is 24.6. The minimum Gasteiger partial charge on any atom is -0.394 e. The van der Waals surface area contributed by atoms with Crippen LogP contribution in [-0.4, -0.2) is 182 Å². The van der Waals surface area contributed by atoms with Gasteiger partial charge in [-0.25, -0.2) is 0 Å². The first kappa shape index (κ1) is 36.7. The van der Waals surface area contributed by atoms with Gasteiger partial charge in [0.15, 0.2) is 18.9 Å². The number of aliphatic hydroxyl groups excluding tert-OH is 10. The maximum atomic E-state index is 12.5. The van der Waals surface area contributed by atoms with Gasteiger partial charge in [-0.2, -0.15) is 0 Å². The molecule has 18 heteroatoms. The van der Waals surface area contributed by atoms with E-state index in [1.54, 1.807) is 0 Å². The van der Waals surface area contributed by atoms with Gasteiger partial charge >= 0.3 is 0 Å². The molecule has 0 radical (unpaired) electrons. The van der Waals surface area contributed by atoms with Crippen LogP contribution in [0.25, 0.3) is 0 Å². The van der Waals surface area contributed by atoms with Crippen LogP contribution in [-0.2, 0) is 33.2 Å². The fourth-order valence-corrected chi connectivity index (χ4v) is 5.93. The minimum absolute atomic E-state index is 0.0642. The molecule has 4 aliphatic rings. The fraction of sp³-hybridized carbons (Fsp3) is 0.963. The summed E-state index contributed by atoms with van der Waals surface area (Å²) in [7, 11) is 0. The van der Waals surface area contributed by atoms with Crippen LogP contribution in [0.3, 0.4) is 0 Å². The van der Waals surface area contributed by atoms with E-state index in [-0.39, 0.29) is 25.0 Å². The summed E-state index contributed by atoms with van der Waals surface area (Å²) in [6, 6.07) is 0. The Kier molecular flexibility index (Phi) is 13.7. The van der Waals surface area contributed by atoms with Gasteiger partial charge in [-0.3, -0.25) is 4.79 Å². The van der Waals surface area contributed by atoms with Crippen LogP contribution in [0.1, 0.15) is 32.1 Å². The summed E-state index contributed by atoms with van der Waals surface area (Å²) >= 11 is 0. The summed E-state index contributed by atoms with van der Waals surface area (Å²) in [6.07, 6.45) is -19.8. The highest BCUT2D eigenvalue weighted by Crippen LogP contribution is 2.31. The lowest BCUT2D eigenvalue weighted by Crippen LogP contribution is -2.65. The first-order valence-corrected chi connectivity index (χ1v) is 15.3. The average Bonchev–Trinajstić information content (AvgIpc) is 3.05. The predicted molar refractivity (Wildman–Crippen MR) is 145 cm³/mol. The summed E-state index contributed by atoms with van der Waals surface area (Å²) in [5, 5.41) is 105. The molecule has 11 N–H and O–H groups in total. The highest BCUT2D eigenvalue weighted by Gasteiger charge is 2.52. The maximum Gasteiger partial charge on any atom is 0.223 e. The smallest absolute Gasteiger partial charge is 0.223 e. The molecule has 3 heterocycles. The Labute approximate surface area is 259 Å². The number of hydrogen-bond donors (Lipinski definition) is 11. The van der Waals surface area contributed by atoms with Gasteiger partial charge in [0.25, 0.3) is 0 Å². The van der Waals surface area contributed by atoms with Crippen LogP contribution in [0, 0.1) is 5.92 Å². The average molecular weight is 658 g/mol. The Hall–Kier alpha value is -1.17. The molecule has 262 valence electrons. The van der Waals surface area contributed by atoms with Crippen LogP contribution in [0.5, 0.6) is 0 Å². The number of amides is 1. The van der Waals surface area contributed by atoms with Crippen molar-refractivity contribution in [3.8, 4) is 0 Å². The second-order valence-electron chi connectivity index (χ2n) is 11.8. The summed E-state index contributed by atoms with van der Waals surface area (Å²) in [4.78, 5) is 12.5. The third kappa shape index (κ3) is 8.65. The zero-order valence-corrected chi connectivity index (χ0v) is 24.6. The lowest BCUT2D eigenvalue weighted by atomic mass is 9.89. The SMILES string of the molecule is O=C(NCCO[C@H]1OC(CO[C@H]2OC(CO)[C@@H](O)C(O)C2O)[C@@H](O)C(O[C@H]2OC(CO)[C@@H](O)C(O)C2O)C1O)C1CCCCC1. The van der Waals surface area contributed by atoms with E-state index in [0.29, 0.717) is 0 Å². The quantitative estimate of drug-likeness (QED) is 0.0871. The number of carbonyl (C=O) groups excluding carboxylic acids is 1. The molecule has 9 unspecified atom stereocenters. The third-order valence-corrected chi connectivity index (χ3v) is 8.71. The number of ether oxygens (including phenoxy) is 6. The predicted octanol–water partition coefficient (Wildman–Crippen LogP) is -5.85. The molecule has 3 saturated heterocycles. The van der Waals surface area contributed by atoms with Crippen LogP contribution in [0.2, 0.25) is 0 Å².